The minimum absolute atomic E-state index is 0.201. The van der Waals surface area contributed by atoms with Crippen molar-refractivity contribution in [2.45, 2.75) is 18.6 Å². The molecule has 0 spiro atoms. The molecule has 1 aliphatic rings. The Bertz CT molecular complexity index is 475. The maximum atomic E-state index is 5.60. The summed E-state index contributed by atoms with van der Waals surface area (Å²) in [7, 11) is 5.00. The van der Waals surface area contributed by atoms with Crippen molar-refractivity contribution in [2.75, 3.05) is 41.1 Å². The first kappa shape index (κ1) is 16.5. The molecule has 0 radical (unpaired) electrons. The van der Waals surface area contributed by atoms with Crippen LogP contribution in [0.5, 0.6) is 11.5 Å². The lowest BCUT2D eigenvalue weighted by molar-refractivity contribution is -0.0159. The van der Waals surface area contributed by atoms with Crippen molar-refractivity contribution >= 4 is 15.9 Å². The maximum Gasteiger partial charge on any atom is 0.174 e. The van der Waals surface area contributed by atoms with Crippen LogP contribution in [0.4, 0.5) is 0 Å². The third-order valence-corrected chi connectivity index (χ3v) is 4.36. The van der Waals surface area contributed by atoms with Crippen LogP contribution in [0.1, 0.15) is 12.0 Å². The van der Waals surface area contributed by atoms with Gasteiger partial charge in [-0.05, 0) is 33.6 Å². The third-order valence-electron chi connectivity index (χ3n) is 3.77. The van der Waals surface area contributed by atoms with E-state index in [-0.39, 0.29) is 5.60 Å². The normalized spacial score (nSPS) is 21.5. The Morgan fingerprint density at radius 1 is 1.29 bits per heavy atom. The molecule has 1 aromatic carbocycles. The fraction of sp³-hybridized carbons (Fsp3) is 0.600. The van der Waals surface area contributed by atoms with Crippen molar-refractivity contribution < 1.29 is 18.9 Å². The van der Waals surface area contributed by atoms with Crippen LogP contribution in [-0.2, 0) is 16.0 Å². The number of halogens is 1. The topological polar surface area (TPSA) is 49.0 Å². The molecule has 2 rings (SSSR count). The molecule has 1 fully saturated rings. The highest BCUT2D eigenvalue weighted by Crippen LogP contribution is 2.36. The molecule has 0 saturated carbocycles. The van der Waals surface area contributed by atoms with Gasteiger partial charge in [0.1, 0.15) is 5.60 Å². The first-order chi connectivity index (χ1) is 10.1. The van der Waals surface area contributed by atoms with Gasteiger partial charge in [-0.1, -0.05) is 0 Å². The second-order valence-electron chi connectivity index (χ2n) is 5.11. The molecule has 1 unspecified atom stereocenters. The lowest BCUT2D eigenvalue weighted by Crippen LogP contribution is -2.42. The molecule has 1 N–H and O–H groups in total. The van der Waals surface area contributed by atoms with E-state index in [9.17, 15) is 0 Å². The maximum absolute atomic E-state index is 5.60. The summed E-state index contributed by atoms with van der Waals surface area (Å²) in [5.74, 6) is 1.42. The molecule has 1 saturated heterocycles. The van der Waals surface area contributed by atoms with Gasteiger partial charge in [-0.25, -0.2) is 0 Å². The number of ether oxygens (including phenoxy) is 4. The molecule has 0 amide bonds. The molecule has 21 heavy (non-hydrogen) atoms. The van der Waals surface area contributed by atoms with Crippen molar-refractivity contribution in [3.63, 3.8) is 0 Å². The number of hydrogen-bond acceptors (Lipinski definition) is 5. The van der Waals surface area contributed by atoms with Crippen molar-refractivity contribution in [2.24, 2.45) is 0 Å². The molecule has 6 heteroatoms. The molecule has 0 aliphatic carbocycles. The lowest BCUT2D eigenvalue weighted by Gasteiger charge is -2.26. The van der Waals surface area contributed by atoms with Gasteiger partial charge in [0, 0.05) is 33.2 Å². The van der Waals surface area contributed by atoms with E-state index in [0.29, 0.717) is 18.1 Å². The quantitative estimate of drug-likeness (QED) is 0.809. The molecule has 5 nitrogen and oxygen atoms in total. The summed E-state index contributed by atoms with van der Waals surface area (Å²) in [6.45, 7) is 2.89. The number of benzene rings is 1. The summed E-state index contributed by atoms with van der Waals surface area (Å²) >= 11 is 3.50. The minimum Gasteiger partial charge on any atom is -0.493 e. The molecule has 1 aliphatic heterocycles. The molecule has 0 aromatic heterocycles. The van der Waals surface area contributed by atoms with Crippen LogP contribution in [0.15, 0.2) is 16.6 Å². The van der Waals surface area contributed by atoms with Crippen molar-refractivity contribution in [1.82, 2.24) is 5.32 Å². The largest absolute Gasteiger partial charge is 0.493 e. The van der Waals surface area contributed by atoms with Gasteiger partial charge in [-0.2, -0.15) is 0 Å². The van der Waals surface area contributed by atoms with E-state index in [1.165, 1.54) is 0 Å². The summed E-state index contributed by atoms with van der Waals surface area (Å²) in [6, 6.07) is 4.00. The average molecular weight is 360 g/mol. The van der Waals surface area contributed by atoms with Crippen LogP contribution in [0.25, 0.3) is 0 Å². The van der Waals surface area contributed by atoms with E-state index in [4.69, 9.17) is 18.9 Å². The van der Waals surface area contributed by atoms with E-state index in [0.717, 1.165) is 36.2 Å². The Kier molecular flexibility index (Phi) is 5.87. The SMILES string of the molecule is COc1cc(CNCC2(OC)CCOC2)cc(Br)c1OC. The Morgan fingerprint density at radius 3 is 2.67 bits per heavy atom. The zero-order chi connectivity index (χ0) is 15.3. The van der Waals surface area contributed by atoms with Crippen LogP contribution in [0.3, 0.4) is 0 Å². The highest BCUT2D eigenvalue weighted by atomic mass is 79.9. The van der Waals surface area contributed by atoms with E-state index in [1.807, 2.05) is 12.1 Å². The molecular weight excluding hydrogens is 338 g/mol. The van der Waals surface area contributed by atoms with Crippen molar-refractivity contribution in [3.05, 3.63) is 22.2 Å². The van der Waals surface area contributed by atoms with Crippen molar-refractivity contribution in [3.8, 4) is 11.5 Å². The molecule has 0 bridgehead atoms. The average Bonchev–Trinajstić information content (AvgIpc) is 2.96. The summed E-state index contributed by atoms with van der Waals surface area (Å²) in [4.78, 5) is 0. The molecule has 1 atom stereocenters. The van der Waals surface area contributed by atoms with Crippen LogP contribution < -0.4 is 14.8 Å². The third kappa shape index (κ3) is 3.88. The summed E-state index contributed by atoms with van der Waals surface area (Å²) in [6.07, 6.45) is 0.923. The fourth-order valence-corrected chi connectivity index (χ4v) is 3.12. The first-order valence-corrected chi connectivity index (χ1v) is 7.67. The number of methoxy groups -OCH3 is 3. The van der Waals surface area contributed by atoms with Gasteiger partial charge in [0.2, 0.25) is 0 Å². The fourth-order valence-electron chi connectivity index (χ4n) is 2.47. The Hall–Kier alpha value is -0.820. The smallest absolute Gasteiger partial charge is 0.174 e. The van der Waals surface area contributed by atoms with Crippen LogP contribution in [0.2, 0.25) is 0 Å². The minimum atomic E-state index is -0.201. The summed E-state index contributed by atoms with van der Waals surface area (Å²) in [5, 5.41) is 3.43. The van der Waals surface area contributed by atoms with Gasteiger partial charge >= 0.3 is 0 Å². The van der Waals surface area contributed by atoms with E-state index < -0.39 is 0 Å². The van der Waals surface area contributed by atoms with Gasteiger partial charge in [-0.15, -0.1) is 0 Å². The Labute approximate surface area is 134 Å². The molecule has 1 aromatic rings. The zero-order valence-corrected chi connectivity index (χ0v) is 14.3. The van der Waals surface area contributed by atoms with Crippen LogP contribution in [0, 0.1) is 0 Å². The van der Waals surface area contributed by atoms with Crippen LogP contribution >= 0.6 is 15.9 Å². The monoisotopic (exact) mass is 359 g/mol. The van der Waals surface area contributed by atoms with Crippen LogP contribution in [-0.4, -0.2) is 46.7 Å². The highest BCUT2D eigenvalue weighted by Gasteiger charge is 2.34. The standard InChI is InChI=1S/C15H22BrNO4/c1-18-13-7-11(6-12(16)14(13)19-2)8-17-9-15(20-3)4-5-21-10-15/h6-7,17H,4-5,8-10H2,1-3H3. The van der Waals surface area contributed by atoms with Gasteiger partial charge in [-0.3, -0.25) is 0 Å². The Balaban J connectivity index is 1.98. The van der Waals surface area contributed by atoms with Gasteiger partial charge in [0.05, 0.1) is 25.3 Å². The summed E-state index contributed by atoms with van der Waals surface area (Å²) in [5.41, 5.74) is 0.915. The van der Waals surface area contributed by atoms with Gasteiger partial charge in [0.25, 0.3) is 0 Å². The highest BCUT2D eigenvalue weighted by molar-refractivity contribution is 9.10. The number of nitrogens with one attached hydrogen (secondary N) is 1. The van der Waals surface area contributed by atoms with E-state index in [1.54, 1.807) is 21.3 Å². The summed E-state index contributed by atoms with van der Waals surface area (Å²) < 4.78 is 22.6. The van der Waals surface area contributed by atoms with Crippen molar-refractivity contribution in [1.29, 1.82) is 0 Å². The van der Waals surface area contributed by atoms with E-state index in [2.05, 4.69) is 21.2 Å². The predicted octanol–water partition coefficient (Wildman–Crippen LogP) is 2.36. The molecular formula is C15H22BrNO4. The van der Waals surface area contributed by atoms with E-state index >= 15 is 0 Å². The second-order valence-corrected chi connectivity index (χ2v) is 5.96. The lowest BCUT2D eigenvalue weighted by atomic mass is 10.0. The van der Waals surface area contributed by atoms with Gasteiger partial charge in [0.15, 0.2) is 11.5 Å². The van der Waals surface area contributed by atoms with Gasteiger partial charge < -0.3 is 24.3 Å². The number of rotatable bonds is 7. The first-order valence-electron chi connectivity index (χ1n) is 6.88. The number of hydrogen-bond donors (Lipinski definition) is 1. The predicted molar refractivity (Wildman–Crippen MR) is 84.1 cm³/mol. The zero-order valence-electron chi connectivity index (χ0n) is 12.7. The second kappa shape index (κ2) is 7.45. The Morgan fingerprint density at radius 2 is 2.10 bits per heavy atom. The molecule has 1 heterocycles. The molecule has 118 valence electrons.